The van der Waals surface area contributed by atoms with Crippen LogP contribution in [-0.4, -0.2) is 14.8 Å². The van der Waals surface area contributed by atoms with Crippen molar-refractivity contribution in [2.45, 2.75) is 82.5 Å². The molecule has 3 nitrogen and oxygen atoms in total. The minimum Gasteiger partial charge on any atom is -0.309 e. The van der Waals surface area contributed by atoms with Gasteiger partial charge in [0.15, 0.2) is 0 Å². The van der Waals surface area contributed by atoms with E-state index in [4.69, 9.17) is 0 Å². The molecule has 3 rings (SSSR count). The SMILES string of the molecule is CC(C)(C)n1c(CBr)nnc1C1CCC2CCCCC2C1. The second-order valence-electron chi connectivity index (χ2n) is 7.93. The Kier molecular flexibility index (Phi) is 4.45. The molecule has 2 fully saturated rings. The summed E-state index contributed by atoms with van der Waals surface area (Å²) in [6.45, 7) is 6.79. The number of aromatic nitrogens is 3. The fourth-order valence-corrected chi connectivity index (χ4v) is 4.88. The van der Waals surface area contributed by atoms with E-state index >= 15 is 0 Å². The summed E-state index contributed by atoms with van der Waals surface area (Å²) in [4.78, 5) is 0. The average Bonchev–Trinajstić information content (AvgIpc) is 2.91. The molecule has 2 aliphatic carbocycles. The molecule has 0 radical (unpaired) electrons. The molecule has 1 aromatic rings. The molecule has 2 aliphatic rings. The van der Waals surface area contributed by atoms with Crippen molar-refractivity contribution in [3.8, 4) is 0 Å². The van der Waals surface area contributed by atoms with E-state index in [9.17, 15) is 0 Å². The Balaban J connectivity index is 1.85. The lowest BCUT2D eigenvalue weighted by molar-refractivity contribution is 0.149. The topological polar surface area (TPSA) is 30.7 Å². The van der Waals surface area contributed by atoms with E-state index in [1.165, 1.54) is 50.8 Å². The average molecular weight is 354 g/mol. The third-order valence-electron chi connectivity index (χ3n) is 5.45. The van der Waals surface area contributed by atoms with Gasteiger partial charge < -0.3 is 4.57 Å². The number of rotatable bonds is 2. The van der Waals surface area contributed by atoms with Crippen LogP contribution in [0, 0.1) is 11.8 Å². The number of nitrogens with zero attached hydrogens (tertiary/aromatic N) is 3. The first-order valence-corrected chi connectivity index (χ1v) is 9.63. The van der Waals surface area contributed by atoms with Crippen LogP contribution in [0.5, 0.6) is 0 Å². The highest BCUT2D eigenvalue weighted by Crippen LogP contribution is 2.46. The Labute approximate surface area is 137 Å². The van der Waals surface area contributed by atoms with Crippen molar-refractivity contribution >= 4 is 15.9 Å². The number of alkyl halides is 1. The van der Waals surface area contributed by atoms with Crippen LogP contribution in [0.1, 0.15) is 83.3 Å². The van der Waals surface area contributed by atoms with Gasteiger partial charge in [-0.05, 0) is 51.9 Å². The van der Waals surface area contributed by atoms with Crippen LogP contribution in [0.15, 0.2) is 0 Å². The van der Waals surface area contributed by atoms with Gasteiger partial charge in [-0.25, -0.2) is 0 Å². The first-order chi connectivity index (χ1) is 10.0. The zero-order chi connectivity index (χ0) is 15.0. The molecule has 3 unspecified atom stereocenters. The van der Waals surface area contributed by atoms with Crippen molar-refractivity contribution < 1.29 is 0 Å². The minimum atomic E-state index is 0.0609. The van der Waals surface area contributed by atoms with E-state index in [-0.39, 0.29) is 5.54 Å². The predicted octanol–water partition coefficient (Wildman–Crippen LogP) is 5.00. The second kappa shape index (κ2) is 6.02. The van der Waals surface area contributed by atoms with E-state index in [0.29, 0.717) is 5.92 Å². The summed E-state index contributed by atoms with van der Waals surface area (Å²) in [7, 11) is 0. The molecule has 0 saturated heterocycles. The maximum absolute atomic E-state index is 4.60. The first-order valence-electron chi connectivity index (χ1n) is 8.51. The van der Waals surface area contributed by atoms with Gasteiger partial charge in [-0.15, -0.1) is 10.2 Å². The summed E-state index contributed by atoms with van der Waals surface area (Å²) < 4.78 is 2.38. The molecule has 0 aromatic carbocycles. The molecular formula is C17H28BrN3. The standard InChI is InChI=1S/C17H28BrN3/c1-17(2,3)21-15(11-18)19-20-16(21)14-9-8-12-6-4-5-7-13(12)10-14/h12-14H,4-11H2,1-3H3. The van der Waals surface area contributed by atoms with Gasteiger partial charge in [-0.2, -0.15) is 0 Å². The maximum atomic E-state index is 4.60. The van der Waals surface area contributed by atoms with E-state index in [0.717, 1.165) is 23.0 Å². The molecule has 0 amide bonds. The zero-order valence-corrected chi connectivity index (χ0v) is 15.2. The fraction of sp³-hybridized carbons (Fsp3) is 0.882. The highest BCUT2D eigenvalue weighted by Gasteiger charge is 2.36. The lowest BCUT2D eigenvalue weighted by atomic mass is 9.67. The molecule has 2 saturated carbocycles. The predicted molar refractivity (Wildman–Crippen MR) is 89.7 cm³/mol. The van der Waals surface area contributed by atoms with Gasteiger partial charge in [0.25, 0.3) is 0 Å². The minimum absolute atomic E-state index is 0.0609. The first kappa shape index (κ1) is 15.5. The Morgan fingerprint density at radius 2 is 1.76 bits per heavy atom. The highest BCUT2D eigenvalue weighted by molar-refractivity contribution is 9.08. The van der Waals surface area contributed by atoms with E-state index in [1.54, 1.807) is 0 Å². The molecule has 0 bridgehead atoms. The Hall–Kier alpha value is -0.380. The molecule has 118 valence electrons. The fourth-order valence-electron chi connectivity index (χ4n) is 4.52. The molecule has 0 N–H and O–H groups in total. The summed E-state index contributed by atoms with van der Waals surface area (Å²) in [6.07, 6.45) is 9.84. The van der Waals surface area contributed by atoms with Gasteiger partial charge >= 0.3 is 0 Å². The van der Waals surface area contributed by atoms with Gasteiger partial charge in [-0.3, -0.25) is 0 Å². The zero-order valence-electron chi connectivity index (χ0n) is 13.6. The van der Waals surface area contributed by atoms with Crippen LogP contribution in [0.4, 0.5) is 0 Å². The summed E-state index contributed by atoms with van der Waals surface area (Å²) in [5.74, 6) is 4.86. The molecule has 0 aliphatic heterocycles. The van der Waals surface area contributed by atoms with Crippen molar-refractivity contribution in [2.24, 2.45) is 11.8 Å². The highest BCUT2D eigenvalue weighted by atomic mass is 79.9. The molecule has 1 heterocycles. The molecular weight excluding hydrogens is 326 g/mol. The van der Waals surface area contributed by atoms with Gasteiger partial charge in [-0.1, -0.05) is 41.6 Å². The smallest absolute Gasteiger partial charge is 0.144 e. The summed E-state index contributed by atoms with van der Waals surface area (Å²) >= 11 is 3.57. The maximum Gasteiger partial charge on any atom is 0.144 e. The normalized spacial score (nSPS) is 30.2. The summed E-state index contributed by atoms with van der Waals surface area (Å²) in [5, 5.41) is 9.83. The number of fused-ring (bicyclic) bond motifs is 1. The molecule has 4 heteroatoms. The number of halogens is 1. The Morgan fingerprint density at radius 3 is 2.43 bits per heavy atom. The second-order valence-corrected chi connectivity index (χ2v) is 8.49. The Morgan fingerprint density at radius 1 is 1.05 bits per heavy atom. The quantitative estimate of drug-likeness (QED) is 0.700. The van der Waals surface area contributed by atoms with Crippen molar-refractivity contribution in [3.63, 3.8) is 0 Å². The van der Waals surface area contributed by atoms with Crippen molar-refractivity contribution in [2.75, 3.05) is 0 Å². The summed E-state index contributed by atoms with van der Waals surface area (Å²) in [5.41, 5.74) is 0.0609. The van der Waals surface area contributed by atoms with E-state index in [2.05, 4.69) is 51.5 Å². The number of hydrogen-bond donors (Lipinski definition) is 0. The third-order valence-corrected chi connectivity index (χ3v) is 5.95. The Bertz CT molecular complexity index is 489. The van der Waals surface area contributed by atoms with E-state index in [1.807, 2.05) is 0 Å². The van der Waals surface area contributed by atoms with Crippen molar-refractivity contribution in [1.82, 2.24) is 14.8 Å². The van der Waals surface area contributed by atoms with E-state index < -0.39 is 0 Å². The van der Waals surface area contributed by atoms with Gasteiger partial charge in [0, 0.05) is 11.5 Å². The largest absolute Gasteiger partial charge is 0.309 e. The monoisotopic (exact) mass is 353 g/mol. The van der Waals surface area contributed by atoms with Crippen molar-refractivity contribution in [3.05, 3.63) is 11.6 Å². The van der Waals surface area contributed by atoms with Crippen LogP contribution >= 0.6 is 15.9 Å². The lowest BCUT2D eigenvalue weighted by Gasteiger charge is -2.39. The van der Waals surface area contributed by atoms with Crippen LogP contribution in [0.25, 0.3) is 0 Å². The van der Waals surface area contributed by atoms with Gasteiger partial charge in [0.1, 0.15) is 11.6 Å². The molecule has 1 aromatic heterocycles. The van der Waals surface area contributed by atoms with Crippen LogP contribution in [-0.2, 0) is 10.9 Å². The molecule has 0 spiro atoms. The van der Waals surface area contributed by atoms with Gasteiger partial charge in [0.2, 0.25) is 0 Å². The van der Waals surface area contributed by atoms with Crippen molar-refractivity contribution in [1.29, 1.82) is 0 Å². The third kappa shape index (κ3) is 3.06. The molecule has 21 heavy (non-hydrogen) atoms. The number of hydrogen-bond acceptors (Lipinski definition) is 2. The van der Waals surface area contributed by atoms with Crippen LogP contribution in [0.2, 0.25) is 0 Å². The lowest BCUT2D eigenvalue weighted by Crippen LogP contribution is -2.31. The summed E-state index contributed by atoms with van der Waals surface area (Å²) in [6, 6.07) is 0. The van der Waals surface area contributed by atoms with Crippen LogP contribution in [0.3, 0.4) is 0 Å². The van der Waals surface area contributed by atoms with Crippen LogP contribution < -0.4 is 0 Å². The molecule has 3 atom stereocenters. The van der Waals surface area contributed by atoms with Gasteiger partial charge in [0.05, 0.1) is 5.33 Å².